The Kier molecular flexibility index (Phi) is 4.67. The molecule has 0 bridgehead atoms. The standard InChI is InChI=1S/C16H15F2N3O3S/c17-13-2-1-10(7-14(13)18)21-16(22)15-8-11(3-5-19-15)20-12-4-6-25(23,24)9-12/h1-3,5,7-8,12H,4,6,9H2,(H,19,20)(H,21,22). The van der Waals surface area contributed by atoms with E-state index in [-0.39, 0.29) is 28.9 Å². The van der Waals surface area contributed by atoms with Gasteiger partial charge < -0.3 is 10.6 Å². The number of rotatable bonds is 4. The molecule has 2 aromatic rings. The molecule has 9 heteroatoms. The maximum absolute atomic E-state index is 13.2. The maximum atomic E-state index is 13.2. The van der Waals surface area contributed by atoms with Gasteiger partial charge in [-0.15, -0.1) is 0 Å². The summed E-state index contributed by atoms with van der Waals surface area (Å²) in [5, 5.41) is 5.49. The van der Waals surface area contributed by atoms with E-state index in [2.05, 4.69) is 15.6 Å². The molecule has 1 amide bonds. The van der Waals surface area contributed by atoms with Gasteiger partial charge in [-0.1, -0.05) is 0 Å². The number of aromatic nitrogens is 1. The lowest BCUT2D eigenvalue weighted by Crippen LogP contribution is -2.21. The molecule has 1 fully saturated rings. The van der Waals surface area contributed by atoms with Crippen molar-refractivity contribution < 1.29 is 22.0 Å². The summed E-state index contributed by atoms with van der Waals surface area (Å²) in [7, 11) is -3.01. The van der Waals surface area contributed by atoms with E-state index in [1.54, 1.807) is 6.07 Å². The Morgan fingerprint density at radius 2 is 1.92 bits per heavy atom. The monoisotopic (exact) mass is 367 g/mol. The van der Waals surface area contributed by atoms with Crippen molar-refractivity contribution in [3.8, 4) is 0 Å². The fourth-order valence-electron chi connectivity index (χ4n) is 2.56. The molecule has 1 unspecified atom stereocenters. The molecule has 0 radical (unpaired) electrons. The molecule has 1 aliphatic rings. The van der Waals surface area contributed by atoms with Crippen molar-refractivity contribution in [2.24, 2.45) is 0 Å². The summed E-state index contributed by atoms with van der Waals surface area (Å²) in [5.41, 5.74) is 0.731. The number of sulfone groups is 1. The van der Waals surface area contributed by atoms with Gasteiger partial charge in [0.05, 0.1) is 11.5 Å². The van der Waals surface area contributed by atoms with Crippen LogP contribution in [0, 0.1) is 11.6 Å². The molecule has 3 rings (SSSR count). The van der Waals surface area contributed by atoms with E-state index in [1.807, 2.05) is 0 Å². The molecule has 132 valence electrons. The Bertz CT molecular complexity index is 919. The number of nitrogens with one attached hydrogen (secondary N) is 2. The smallest absolute Gasteiger partial charge is 0.274 e. The zero-order valence-electron chi connectivity index (χ0n) is 13.0. The van der Waals surface area contributed by atoms with Crippen LogP contribution in [-0.4, -0.2) is 36.9 Å². The average Bonchev–Trinajstić information content (AvgIpc) is 2.90. The molecule has 1 atom stereocenters. The molecule has 1 saturated heterocycles. The summed E-state index contributed by atoms with van der Waals surface area (Å²) in [6.45, 7) is 0. The Labute approximate surface area is 143 Å². The van der Waals surface area contributed by atoms with Crippen molar-refractivity contribution in [1.29, 1.82) is 0 Å². The Morgan fingerprint density at radius 1 is 1.12 bits per heavy atom. The molecular weight excluding hydrogens is 352 g/mol. The highest BCUT2D eigenvalue weighted by molar-refractivity contribution is 7.91. The van der Waals surface area contributed by atoms with Gasteiger partial charge in [-0.25, -0.2) is 17.2 Å². The minimum absolute atomic E-state index is 0.0473. The van der Waals surface area contributed by atoms with Gasteiger partial charge in [-0.2, -0.15) is 0 Å². The Hall–Kier alpha value is -2.55. The number of pyridine rings is 1. The Balaban J connectivity index is 1.70. The molecule has 0 saturated carbocycles. The third kappa shape index (κ3) is 4.30. The van der Waals surface area contributed by atoms with Gasteiger partial charge in [0.25, 0.3) is 5.91 Å². The number of carbonyl (C=O) groups excluding carboxylic acids is 1. The van der Waals surface area contributed by atoms with Crippen LogP contribution in [0.1, 0.15) is 16.9 Å². The lowest BCUT2D eigenvalue weighted by molar-refractivity contribution is 0.102. The van der Waals surface area contributed by atoms with Crippen LogP contribution in [0.4, 0.5) is 20.2 Å². The number of hydrogen-bond donors (Lipinski definition) is 2. The van der Waals surface area contributed by atoms with Gasteiger partial charge in [-0.05, 0) is 30.7 Å². The van der Waals surface area contributed by atoms with Crippen LogP contribution < -0.4 is 10.6 Å². The van der Waals surface area contributed by atoms with E-state index in [9.17, 15) is 22.0 Å². The van der Waals surface area contributed by atoms with Gasteiger partial charge in [0.2, 0.25) is 0 Å². The van der Waals surface area contributed by atoms with Gasteiger partial charge in [0, 0.05) is 29.7 Å². The van der Waals surface area contributed by atoms with Crippen LogP contribution in [0.15, 0.2) is 36.5 Å². The van der Waals surface area contributed by atoms with E-state index < -0.39 is 27.4 Å². The lowest BCUT2D eigenvalue weighted by atomic mass is 10.2. The summed E-state index contributed by atoms with van der Waals surface area (Å²) in [5.74, 6) is -2.48. The fourth-order valence-corrected chi connectivity index (χ4v) is 4.23. The topological polar surface area (TPSA) is 88.2 Å². The highest BCUT2D eigenvalue weighted by atomic mass is 32.2. The zero-order valence-corrected chi connectivity index (χ0v) is 13.8. The highest BCUT2D eigenvalue weighted by Gasteiger charge is 2.27. The first-order valence-corrected chi connectivity index (χ1v) is 9.34. The van der Waals surface area contributed by atoms with E-state index in [0.29, 0.717) is 12.1 Å². The average molecular weight is 367 g/mol. The van der Waals surface area contributed by atoms with E-state index in [4.69, 9.17) is 0 Å². The van der Waals surface area contributed by atoms with Crippen molar-refractivity contribution in [2.75, 3.05) is 22.1 Å². The molecule has 6 nitrogen and oxygen atoms in total. The minimum atomic E-state index is -3.01. The molecule has 1 aromatic heterocycles. The quantitative estimate of drug-likeness (QED) is 0.865. The third-order valence-corrected chi connectivity index (χ3v) is 5.54. The second-order valence-electron chi connectivity index (χ2n) is 5.76. The van der Waals surface area contributed by atoms with Crippen LogP contribution in [-0.2, 0) is 9.84 Å². The summed E-state index contributed by atoms with van der Waals surface area (Å²) in [4.78, 5) is 16.1. The van der Waals surface area contributed by atoms with Crippen molar-refractivity contribution >= 4 is 27.1 Å². The van der Waals surface area contributed by atoms with Crippen LogP contribution in [0.3, 0.4) is 0 Å². The van der Waals surface area contributed by atoms with Crippen molar-refractivity contribution in [3.05, 3.63) is 53.9 Å². The second kappa shape index (κ2) is 6.75. The SMILES string of the molecule is O=C(Nc1ccc(F)c(F)c1)c1cc(NC2CCS(=O)(=O)C2)ccn1. The van der Waals surface area contributed by atoms with Crippen LogP contribution >= 0.6 is 0 Å². The number of hydrogen-bond acceptors (Lipinski definition) is 5. The number of carbonyl (C=O) groups is 1. The first kappa shape index (κ1) is 17.3. The molecule has 2 heterocycles. The second-order valence-corrected chi connectivity index (χ2v) is 7.99. The first-order chi connectivity index (χ1) is 11.8. The molecule has 0 spiro atoms. The summed E-state index contributed by atoms with van der Waals surface area (Å²) >= 11 is 0. The maximum Gasteiger partial charge on any atom is 0.274 e. The number of halogens is 2. The first-order valence-electron chi connectivity index (χ1n) is 7.52. The lowest BCUT2D eigenvalue weighted by Gasteiger charge is -2.13. The highest BCUT2D eigenvalue weighted by Crippen LogP contribution is 2.19. The number of anilines is 2. The number of benzene rings is 1. The molecule has 1 aliphatic heterocycles. The largest absolute Gasteiger partial charge is 0.381 e. The predicted octanol–water partition coefficient (Wildman–Crippen LogP) is 2.21. The van der Waals surface area contributed by atoms with Crippen molar-refractivity contribution in [1.82, 2.24) is 4.98 Å². The van der Waals surface area contributed by atoms with Gasteiger partial charge in [0.15, 0.2) is 21.5 Å². The van der Waals surface area contributed by atoms with Gasteiger partial charge in [-0.3, -0.25) is 9.78 Å². The Morgan fingerprint density at radius 3 is 2.60 bits per heavy atom. The zero-order chi connectivity index (χ0) is 18.0. The third-order valence-electron chi connectivity index (χ3n) is 3.77. The molecule has 1 aromatic carbocycles. The van der Waals surface area contributed by atoms with Crippen molar-refractivity contribution in [3.63, 3.8) is 0 Å². The van der Waals surface area contributed by atoms with E-state index >= 15 is 0 Å². The van der Waals surface area contributed by atoms with Crippen LogP contribution in [0.2, 0.25) is 0 Å². The summed E-state index contributed by atoms with van der Waals surface area (Å²) < 4.78 is 49.1. The predicted molar refractivity (Wildman–Crippen MR) is 89.2 cm³/mol. The molecule has 0 aliphatic carbocycles. The molecular formula is C16H15F2N3O3S. The molecule has 25 heavy (non-hydrogen) atoms. The minimum Gasteiger partial charge on any atom is -0.381 e. The fraction of sp³-hybridized carbons (Fsp3) is 0.250. The van der Waals surface area contributed by atoms with Gasteiger partial charge in [0.1, 0.15) is 5.69 Å². The normalized spacial score (nSPS) is 18.7. The molecule has 2 N–H and O–H groups in total. The van der Waals surface area contributed by atoms with Gasteiger partial charge >= 0.3 is 0 Å². The van der Waals surface area contributed by atoms with E-state index in [0.717, 1.165) is 12.1 Å². The van der Waals surface area contributed by atoms with Crippen molar-refractivity contribution in [2.45, 2.75) is 12.5 Å². The number of nitrogens with zero attached hydrogens (tertiary/aromatic N) is 1. The van der Waals surface area contributed by atoms with Crippen LogP contribution in [0.5, 0.6) is 0 Å². The van der Waals surface area contributed by atoms with Crippen LogP contribution in [0.25, 0.3) is 0 Å². The van der Waals surface area contributed by atoms with E-state index in [1.165, 1.54) is 18.3 Å². The summed E-state index contributed by atoms with van der Waals surface area (Å²) in [6.07, 6.45) is 1.91. The summed E-state index contributed by atoms with van der Waals surface area (Å²) in [6, 6.07) is 5.91. The number of amides is 1.